The fraction of sp³-hybridized carbons (Fsp3) is 0.941. The predicted octanol–water partition coefficient (Wildman–Crippen LogP) is 2.80. The number of rotatable bonds is 1. The van der Waals surface area contributed by atoms with Gasteiger partial charge in [0.25, 0.3) is 0 Å². The first-order valence-electron chi connectivity index (χ1n) is 8.69. The first-order valence-corrected chi connectivity index (χ1v) is 8.69. The largest absolute Gasteiger partial charge is 0.337 e. The maximum absolute atomic E-state index is 12.9. The lowest BCUT2D eigenvalue weighted by Crippen LogP contribution is -2.57. The van der Waals surface area contributed by atoms with Crippen LogP contribution >= 0.6 is 0 Å². The molecule has 3 rings (SSSR count). The second kappa shape index (κ2) is 6.05. The van der Waals surface area contributed by atoms with Crippen LogP contribution in [0.15, 0.2) is 0 Å². The summed E-state index contributed by atoms with van der Waals surface area (Å²) in [4.78, 5) is 15.0. The molecule has 5 unspecified atom stereocenters. The van der Waals surface area contributed by atoms with Crippen molar-refractivity contribution in [3.63, 3.8) is 0 Å². The predicted molar refractivity (Wildman–Crippen MR) is 81.4 cm³/mol. The highest BCUT2D eigenvalue weighted by molar-refractivity contribution is 5.79. The van der Waals surface area contributed by atoms with Gasteiger partial charge in [-0.3, -0.25) is 4.79 Å². The molecule has 0 aromatic rings. The Hall–Kier alpha value is -0.570. The summed E-state index contributed by atoms with van der Waals surface area (Å²) in [6.45, 7) is 6.21. The molecule has 20 heavy (non-hydrogen) atoms. The molecule has 0 radical (unpaired) electrons. The number of amides is 1. The zero-order valence-electron chi connectivity index (χ0n) is 13.1. The molecule has 2 saturated carbocycles. The van der Waals surface area contributed by atoms with E-state index < -0.39 is 0 Å². The highest BCUT2D eigenvalue weighted by Gasteiger charge is 2.38. The summed E-state index contributed by atoms with van der Waals surface area (Å²) in [5.74, 6) is 2.56. The Bertz CT molecular complexity index is 357. The molecule has 3 aliphatic rings. The molecule has 3 fully saturated rings. The summed E-state index contributed by atoms with van der Waals surface area (Å²) in [5, 5.41) is 3.47. The summed E-state index contributed by atoms with van der Waals surface area (Å²) >= 11 is 0. The molecular weight excluding hydrogens is 248 g/mol. The molecule has 1 heterocycles. The normalized spacial score (nSPS) is 42.1. The maximum Gasteiger partial charge on any atom is 0.226 e. The van der Waals surface area contributed by atoms with Gasteiger partial charge in [0.1, 0.15) is 0 Å². The number of nitrogens with zero attached hydrogens (tertiary/aromatic N) is 1. The topological polar surface area (TPSA) is 32.3 Å². The second-order valence-corrected chi connectivity index (χ2v) is 7.46. The van der Waals surface area contributed by atoms with Gasteiger partial charge >= 0.3 is 0 Å². The molecule has 0 spiro atoms. The minimum atomic E-state index is 0.321. The van der Waals surface area contributed by atoms with Gasteiger partial charge in [0.05, 0.1) is 0 Å². The van der Waals surface area contributed by atoms with Crippen molar-refractivity contribution in [2.45, 2.75) is 70.9 Å². The number of fused-ring (bicyclic) bond motifs is 1. The molecule has 1 N–H and O–H groups in total. The first-order chi connectivity index (χ1) is 9.65. The summed E-state index contributed by atoms with van der Waals surface area (Å²) < 4.78 is 0. The Kier molecular flexibility index (Phi) is 4.34. The van der Waals surface area contributed by atoms with E-state index in [-0.39, 0.29) is 0 Å². The number of carbonyl (C=O) groups excluding carboxylic acids is 1. The minimum absolute atomic E-state index is 0.321. The fourth-order valence-electron chi connectivity index (χ4n) is 4.66. The van der Waals surface area contributed by atoms with Gasteiger partial charge in [-0.05, 0) is 44.9 Å². The number of nitrogens with one attached hydrogen (secondary N) is 1. The van der Waals surface area contributed by atoms with Crippen molar-refractivity contribution in [1.82, 2.24) is 10.2 Å². The maximum atomic E-state index is 12.9. The van der Waals surface area contributed by atoms with Crippen LogP contribution in [-0.2, 0) is 4.79 Å². The van der Waals surface area contributed by atoms with Gasteiger partial charge in [0.15, 0.2) is 0 Å². The standard InChI is InChI=1S/C17H30N2O/c1-12-11-19(13(2)10-18-12)17(20)16-8-7-14-5-3-4-6-15(14)9-16/h12-16,18H,3-11H2,1-2H3. The van der Waals surface area contributed by atoms with Crippen molar-refractivity contribution in [2.75, 3.05) is 13.1 Å². The van der Waals surface area contributed by atoms with Crippen LogP contribution in [0.5, 0.6) is 0 Å². The molecule has 0 aromatic heterocycles. The first kappa shape index (κ1) is 14.4. The van der Waals surface area contributed by atoms with E-state index in [1.54, 1.807) is 0 Å². The Morgan fingerprint density at radius 2 is 1.80 bits per heavy atom. The van der Waals surface area contributed by atoms with Gasteiger partial charge in [0, 0.05) is 31.1 Å². The molecule has 0 aromatic carbocycles. The smallest absolute Gasteiger partial charge is 0.226 e. The summed E-state index contributed by atoms with van der Waals surface area (Å²) in [7, 11) is 0. The van der Waals surface area contributed by atoms with E-state index in [0.29, 0.717) is 23.9 Å². The van der Waals surface area contributed by atoms with Crippen molar-refractivity contribution < 1.29 is 4.79 Å². The number of piperazine rings is 1. The van der Waals surface area contributed by atoms with Crippen LogP contribution in [0, 0.1) is 17.8 Å². The number of hydrogen-bond acceptors (Lipinski definition) is 2. The Labute approximate surface area is 123 Å². The average Bonchev–Trinajstić information content (AvgIpc) is 2.48. The van der Waals surface area contributed by atoms with Crippen LogP contribution in [0.1, 0.15) is 58.8 Å². The van der Waals surface area contributed by atoms with Crippen molar-refractivity contribution in [1.29, 1.82) is 0 Å². The van der Waals surface area contributed by atoms with E-state index in [1.165, 1.54) is 38.5 Å². The van der Waals surface area contributed by atoms with Crippen LogP contribution in [0.3, 0.4) is 0 Å². The lowest BCUT2D eigenvalue weighted by atomic mass is 9.67. The molecule has 1 saturated heterocycles. The SMILES string of the molecule is CC1CN(C(=O)C2CCC3CCCCC3C2)C(C)CN1. The second-order valence-electron chi connectivity index (χ2n) is 7.46. The third kappa shape index (κ3) is 2.88. The van der Waals surface area contributed by atoms with Crippen LogP contribution in [0.2, 0.25) is 0 Å². The molecular formula is C17H30N2O. The average molecular weight is 278 g/mol. The van der Waals surface area contributed by atoms with Crippen LogP contribution in [0.25, 0.3) is 0 Å². The van der Waals surface area contributed by atoms with E-state index in [9.17, 15) is 4.79 Å². The van der Waals surface area contributed by atoms with Crippen molar-refractivity contribution in [3.8, 4) is 0 Å². The van der Waals surface area contributed by atoms with Gasteiger partial charge < -0.3 is 10.2 Å². The highest BCUT2D eigenvalue weighted by atomic mass is 16.2. The lowest BCUT2D eigenvalue weighted by molar-refractivity contribution is -0.141. The highest BCUT2D eigenvalue weighted by Crippen LogP contribution is 2.43. The zero-order chi connectivity index (χ0) is 14.1. The molecule has 1 aliphatic heterocycles. The van der Waals surface area contributed by atoms with Gasteiger partial charge in [0.2, 0.25) is 5.91 Å². The van der Waals surface area contributed by atoms with Crippen LogP contribution in [0.4, 0.5) is 0 Å². The molecule has 3 heteroatoms. The van der Waals surface area contributed by atoms with Crippen molar-refractivity contribution in [3.05, 3.63) is 0 Å². The summed E-state index contributed by atoms with van der Waals surface area (Å²) in [5.41, 5.74) is 0. The zero-order valence-corrected chi connectivity index (χ0v) is 13.1. The van der Waals surface area contributed by atoms with E-state index >= 15 is 0 Å². The number of hydrogen-bond donors (Lipinski definition) is 1. The van der Waals surface area contributed by atoms with Gasteiger partial charge in [-0.2, -0.15) is 0 Å². The third-order valence-corrected chi connectivity index (χ3v) is 5.94. The Balaban J connectivity index is 1.62. The van der Waals surface area contributed by atoms with E-state index in [2.05, 4.69) is 24.1 Å². The molecule has 114 valence electrons. The fourth-order valence-corrected chi connectivity index (χ4v) is 4.66. The van der Waals surface area contributed by atoms with Gasteiger partial charge in [-0.15, -0.1) is 0 Å². The van der Waals surface area contributed by atoms with E-state index in [4.69, 9.17) is 0 Å². The van der Waals surface area contributed by atoms with Crippen LogP contribution < -0.4 is 5.32 Å². The summed E-state index contributed by atoms with van der Waals surface area (Å²) in [6.07, 6.45) is 9.24. The molecule has 0 bridgehead atoms. The molecule has 1 amide bonds. The van der Waals surface area contributed by atoms with Gasteiger partial charge in [-0.25, -0.2) is 0 Å². The third-order valence-electron chi connectivity index (χ3n) is 5.94. The van der Waals surface area contributed by atoms with Crippen molar-refractivity contribution >= 4 is 5.91 Å². The van der Waals surface area contributed by atoms with E-state index in [0.717, 1.165) is 31.3 Å². The van der Waals surface area contributed by atoms with Crippen LogP contribution in [-0.4, -0.2) is 36.0 Å². The van der Waals surface area contributed by atoms with Crippen molar-refractivity contribution in [2.24, 2.45) is 17.8 Å². The van der Waals surface area contributed by atoms with Gasteiger partial charge in [-0.1, -0.05) is 25.7 Å². The summed E-state index contributed by atoms with van der Waals surface area (Å²) in [6, 6.07) is 0.809. The monoisotopic (exact) mass is 278 g/mol. The minimum Gasteiger partial charge on any atom is -0.337 e. The number of carbonyl (C=O) groups is 1. The molecule has 3 nitrogen and oxygen atoms in total. The lowest BCUT2D eigenvalue weighted by Gasteiger charge is -2.43. The van der Waals surface area contributed by atoms with E-state index in [1.807, 2.05) is 0 Å². The quantitative estimate of drug-likeness (QED) is 0.800. The Morgan fingerprint density at radius 1 is 1.05 bits per heavy atom. The molecule has 2 aliphatic carbocycles. The Morgan fingerprint density at radius 3 is 2.60 bits per heavy atom. The molecule has 5 atom stereocenters.